The Hall–Kier alpha value is -4.10. The molecule has 6 nitrogen and oxygen atoms in total. The van der Waals surface area contributed by atoms with Gasteiger partial charge in [0.05, 0.1) is 31.9 Å². The predicted molar refractivity (Wildman–Crippen MR) is 206 cm³/mol. The molecule has 0 spiro atoms. The van der Waals surface area contributed by atoms with E-state index in [1.807, 2.05) is 92.8 Å². The Bertz CT molecular complexity index is 1990. The van der Waals surface area contributed by atoms with Crippen molar-refractivity contribution in [1.82, 2.24) is 19.2 Å². The molecule has 286 valence electrons. The highest BCUT2D eigenvalue weighted by atomic mass is 28.4. The normalized spacial score (nSPS) is 18.8. The van der Waals surface area contributed by atoms with Crippen LogP contribution in [0.2, 0.25) is 5.04 Å². The maximum atomic E-state index is 16.8. The zero-order chi connectivity index (χ0) is 38.3. The minimum Gasteiger partial charge on any atom is -0.401 e. The molecule has 1 fully saturated rings. The monoisotopic (exact) mass is 761 g/mol. The largest absolute Gasteiger partial charge is 0.401 e. The van der Waals surface area contributed by atoms with Crippen molar-refractivity contribution in [2.75, 3.05) is 44.8 Å². The molecule has 2 aromatic heterocycles. The lowest BCUT2D eigenvalue weighted by molar-refractivity contribution is -0.0825. The van der Waals surface area contributed by atoms with Gasteiger partial charge in [0.15, 0.2) is 0 Å². The van der Waals surface area contributed by atoms with Crippen LogP contribution in [0, 0.1) is 11.6 Å². The molecular formula is C42H48F5N5OSi. The summed E-state index contributed by atoms with van der Waals surface area (Å²) in [7, 11) is -3.31. The van der Waals surface area contributed by atoms with Gasteiger partial charge in [0.1, 0.15) is 17.3 Å². The molecule has 3 aromatic carbocycles. The summed E-state index contributed by atoms with van der Waals surface area (Å²) in [5.41, 5.74) is 1.97. The lowest BCUT2D eigenvalue weighted by Crippen LogP contribution is -2.67. The van der Waals surface area contributed by atoms with Gasteiger partial charge in [0.25, 0.3) is 14.2 Å². The number of alkyl halides is 3. The molecule has 2 atom stereocenters. The second kappa shape index (κ2) is 15.2. The number of nitrogens with zero attached hydrogens (tertiary/aromatic N) is 4. The van der Waals surface area contributed by atoms with E-state index < -0.39 is 62.8 Å². The summed E-state index contributed by atoms with van der Waals surface area (Å²) in [5.74, 6) is -5.04. The van der Waals surface area contributed by atoms with Gasteiger partial charge in [0.2, 0.25) is 0 Å². The van der Waals surface area contributed by atoms with E-state index in [1.54, 1.807) is 24.5 Å². The molecule has 7 rings (SSSR count). The molecule has 2 aliphatic rings. The summed E-state index contributed by atoms with van der Waals surface area (Å²) in [5, 5.41) is 4.44. The van der Waals surface area contributed by atoms with E-state index in [4.69, 9.17) is 4.43 Å². The highest BCUT2D eigenvalue weighted by Gasteiger charge is 2.52. The molecule has 54 heavy (non-hydrogen) atoms. The molecule has 5 aromatic rings. The maximum Gasteiger partial charge on any atom is 0.282 e. The van der Waals surface area contributed by atoms with Crippen LogP contribution in [-0.2, 0) is 10.8 Å². The second-order valence-corrected chi connectivity index (χ2v) is 20.1. The Balaban J connectivity index is 1.22. The van der Waals surface area contributed by atoms with Gasteiger partial charge in [-0.15, -0.1) is 0 Å². The molecule has 0 bridgehead atoms. The van der Waals surface area contributed by atoms with Crippen molar-refractivity contribution in [1.29, 1.82) is 0 Å². The number of benzene rings is 3. The van der Waals surface area contributed by atoms with Crippen LogP contribution < -0.4 is 15.7 Å². The molecular weight excluding hydrogens is 714 g/mol. The fourth-order valence-corrected chi connectivity index (χ4v) is 13.1. The molecule has 1 saturated heterocycles. The Morgan fingerprint density at radius 1 is 0.907 bits per heavy atom. The van der Waals surface area contributed by atoms with Gasteiger partial charge in [-0.1, -0.05) is 87.5 Å². The van der Waals surface area contributed by atoms with Crippen molar-refractivity contribution in [3.05, 3.63) is 126 Å². The topological polar surface area (TPSA) is 45.0 Å². The van der Waals surface area contributed by atoms with Crippen LogP contribution in [0.25, 0.3) is 5.65 Å². The third kappa shape index (κ3) is 7.33. The van der Waals surface area contributed by atoms with Crippen molar-refractivity contribution in [3.63, 3.8) is 0 Å². The summed E-state index contributed by atoms with van der Waals surface area (Å²) in [6, 6.07) is 23.5. The smallest absolute Gasteiger partial charge is 0.282 e. The van der Waals surface area contributed by atoms with Gasteiger partial charge in [-0.2, -0.15) is 0 Å². The van der Waals surface area contributed by atoms with Crippen LogP contribution in [0.1, 0.15) is 57.0 Å². The molecule has 0 saturated carbocycles. The van der Waals surface area contributed by atoms with Gasteiger partial charge in [-0.05, 0) is 52.5 Å². The number of halogens is 5. The van der Waals surface area contributed by atoms with E-state index in [9.17, 15) is 4.39 Å². The Morgan fingerprint density at radius 3 is 2.13 bits per heavy atom. The van der Waals surface area contributed by atoms with Crippen molar-refractivity contribution in [3.8, 4) is 0 Å². The highest BCUT2D eigenvalue weighted by molar-refractivity contribution is 6.99. The minimum atomic E-state index is -3.40. The van der Waals surface area contributed by atoms with E-state index in [1.165, 1.54) is 17.0 Å². The van der Waals surface area contributed by atoms with E-state index in [0.29, 0.717) is 43.7 Å². The van der Waals surface area contributed by atoms with E-state index >= 15 is 17.6 Å². The SMILES string of the molecule is C[C@@H]1Cc2c(ccc3nccn23)C(c2c(F)cc(NC3CN(CCCF)C3)cc2F)N1CC(F)(F)CO[Si](c1ccccc1)(c1ccccc1)C(C)(C)C. The quantitative estimate of drug-likeness (QED) is 0.0990. The van der Waals surface area contributed by atoms with E-state index in [2.05, 4.69) is 15.2 Å². The first-order valence-electron chi connectivity index (χ1n) is 18.7. The third-order valence-corrected chi connectivity index (χ3v) is 16.0. The number of pyridine rings is 1. The number of aromatic nitrogens is 2. The first-order chi connectivity index (χ1) is 25.8. The lowest BCUT2D eigenvalue weighted by atomic mass is 9.86. The van der Waals surface area contributed by atoms with Crippen LogP contribution in [0.15, 0.2) is 97.3 Å². The van der Waals surface area contributed by atoms with Crippen molar-refractivity contribution in [2.45, 2.75) is 69.6 Å². The summed E-state index contributed by atoms with van der Waals surface area (Å²) >= 11 is 0. The van der Waals surface area contributed by atoms with Gasteiger partial charge < -0.3 is 14.1 Å². The van der Waals surface area contributed by atoms with Crippen molar-refractivity contribution in [2.24, 2.45) is 0 Å². The predicted octanol–water partition coefficient (Wildman–Crippen LogP) is 7.62. The average molecular weight is 762 g/mol. The molecule has 1 unspecified atom stereocenters. The van der Waals surface area contributed by atoms with Crippen molar-refractivity contribution < 1.29 is 26.4 Å². The standard InChI is InChI=1S/C42H48F5N5OSi/c1-29-22-37-34(16-17-38-48-19-21-51(37)38)40(39-35(44)23-30(24-36(39)45)49-31-25-50(26-31)20-11-18-43)52(29)27-42(46,47)28-53-54(41(2,3)4,32-12-7-5-8-13-32)33-14-9-6-10-15-33/h5-10,12-17,19,21,23-24,29,31,40,49H,11,18,20,22,25-28H2,1-4H3/t29-,40?/m1/s1. The molecule has 0 radical (unpaired) electrons. The first kappa shape index (κ1) is 38.2. The fourth-order valence-electron chi connectivity index (χ4n) is 8.51. The number of likely N-dealkylation sites (tertiary alicyclic amines) is 1. The Labute approximate surface area is 315 Å². The van der Waals surface area contributed by atoms with Crippen LogP contribution >= 0.6 is 0 Å². The van der Waals surface area contributed by atoms with Gasteiger partial charge in [-0.25, -0.2) is 22.5 Å². The van der Waals surface area contributed by atoms with Crippen LogP contribution in [0.4, 0.5) is 27.6 Å². The Kier molecular flexibility index (Phi) is 10.7. The first-order valence-corrected chi connectivity index (χ1v) is 20.6. The molecule has 2 aliphatic heterocycles. The number of rotatable bonds is 13. The molecule has 1 N–H and O–H groups in total. The summed E-state index contributed by atoms with van der Waals surface area (Å²) in [6.45, 7) is 7.78. The number of nitrogens with one attached hydrogen (secondary N) is 1. The highest BCUT2D eigenvalue weighted by Crippen LogP contribution is 2.43. The summed E-state index contributed by atoms with van der Waals surface area (Å²) < 4.78 is 87.6. The zero-order valence-corrected chi connectivity index (χ0v) is 32.2. The zero-order valence-electron chi connectivity index (χ0n) is 31.2. The number of fused-ring (bicyclic) bond motifs is 3. The third-order valence-electron chi connectivity index (χ3n) is 11.0. The number of hydrogen-bond donors (Lipinski definition) is 1. The maximum absolute atomic E-state index is 16.8. The van der Waals surface area contributed by atoms with Gasteiger partial charge in [-0.3, -0.25) is 14.2 Å². The molecule has 12 heteroatoms. The van der Waals surface area contributed by atoms with Gasteiger partial charge in [0, 0.05) is 61.4 Å². The van der Waals surface area contributed by atoms with Crippen molar-refractivity contribution >= 4 is 30.0 Å². The average Bonchev–Trinajstić information content (AvgIpc) is 3.60. The molecule has 0 aliphatic carbocycles. The van der Waals surface area contributed by atoms with Crippen LogP contribution in [-0.4, -0.2) is 85.0 Å². The lowest BCUT2D eigenvalue weighted by Gasteiger charge is -2.46. The number of hydrogen-bond acceptors (Lipinski definition) is 5. The summed E-state index contributed by atoms with van der Waals surface area (Å²) in [4.78, 5) is 8.00. The number of anilines is 1. The molecule has 4 heterocycles. The molecule has 0 amide bonds. The summed E-state index contributed by atoms with van der Waals surface area (Å²) in [6.07, 6.45) is 4.25. The minimum absolute atomic E-state index is 0.0371. The van der Waals surface area contributed by atoms with Gasteiger partial charge >= 0.3 is 0 Å². The van der Waals surface area contributed by atoms with E-state index in [0.717, 1.165) is 16.1 Å². The van der Waals surface area contributed by atoms with E-state index in [-0.39, 0.29) is 17.3 Å². The van der Waals surface area contributed by atoms with Crippen LogP contribution in [0.5, 0.6) is 0 Å². The Morgan fingerprint density at radius 2 is 1.54 bits per heavy atom. The van der Waals surface area contributed by atoms with Crippen LogP contribution in [0.3, 0.4) is 0 Å². The number of imidazole rings is 1. The second-order valence-electron chi connectivity index (χ2n) is 15.8. The fraction of sp³-hybridized carbons (Fsp3) is 0.405.